The maximum Gasteiger partial charge on any atom is 0.255 e. The highest BCUT2D eigenvalue weighted by atomic mass is 16.2. The van der Waals surface area contributed by atoms with Gasteiger partial charge >= 0.3 is 0 Å². The molecule has 10 heteroatoms. The van der Waals surface area contributed by atoms with Gasteiger partial charge in [0.1, 0.15) is 11.7 Å². The number of likely N-dealkylation sites (tertiary alicyclic amines) is 1. The van der Waals surface area contributed by atoms with E-state index < -0.39 is 11.9 Å². The summed E-state index contributed by atoms with van der Waals surface area (Å²) in [6, 6.07) is 4.74. The Kier molecular flexibility index (Phi) is 4.76. The number of hydrogen-bond donors (Lipinski definition) is 1. The number of hydrogen-bond acceptors (Lipinski definition) is 6. The Balaban J connectivity index is 1.33. The van der Waals surface area contributed by atoms with Gasteiger partial charge in [0.2, 0.25) is 17.7 Å². The maximum atomic E-state index is 12.8. The number of piperidine rings is 2. The van der Waals surface area contributed by atoms with Crippen LogP contribution in [0.2, 0.25) is 0 Å². The van der Waals surface area contributed by atoms with E-state index >= 15 is 0 Å². The number of benzene rings is 1. The zero-order valence-corrected chi connectivity index (χ0v) is 16.9. The van der Waals surface area contributed by atoms with Crippen LogP contribution in [-0.2, 0) is 27.5 Å². The van der Waals surface area contributed by atoms with E-state index in [2.05, 4.69) is 15.6 Å². The second-order valence-electron chi connectivity index (χ2n) is 8.17. The summed E-state index contributed by atoms with van der Waals surface area (Å²) < 4.78 is 1.63. The first kappa shape index (κ1) is 19.4. The molecular weight excluding hydrogens is 400 g/mol. The summed E-state index contributed by atoms with van der Waals surface area (Å²) in [6.45, 7) is 1.48. The van der Waals surface area contributed by atoms with Crippen LogP contribution in [0, 0.1) is 0 Å². The van der Waals surface area contributed by atoms with Gasteiger partial charge in [-0.2, -0.15) is 0 Å². The lowest BCUT2D eigenvalue weighted by Gasteiger charge is -2.29. The molecule has 0 aliphatic carbocycles. The van der Waals surface area contributed by atoms with Gasteiger partial charge in [0.05, 0.1) is 18.4 Å². The predicted molar refractivity (Wildman–Crippen MR) is 107 cm³/mol. The van der Waals surface area contributed by atoms with Crippen LogP contribution in [-0.4, -0.2) is 61.0 Å². The number of rotatable bonds is 4. The fraction of sp³-hybridized carbons (Fsp3) is 0.429. The number of carbonyl (C=O) groups excluding carboxylic acids is 4. The monoisotopic (exact) mass is 422 g/mol. The number of imide groups is 1. The van der Waals surface area contributed by atoms with Gasteiger partial charge in [0.25, 0.3) is 5.91 Å². The number of carbonyl (C=O) groups is 4. The molecule has 0 radical (unpaired) electrons. The normalized spacial score (nSPS) is 21.5. The van der Waals surface area contributed by atoms with Gasteiger partial charge in [-0.25, -0.2) is 4.68 Å². The average Bonchev–Trinajstić information content (AvgIpc) is 3.34. The van der Waals surface area contributed by atoms with Gasteiger partial charge in [-0.3, -0.25) is 24.5 Å². The van der Waals surface area contributed by atoms with Crippen molar-refractivity contribution in [3.63, 3.8) is 0 Å². The molecule has 160 valence electrons. The standard InChI is InChI=1S/C21H22N6O4/c28-18-7-6-17(20(30)22-18)26-10-13-9-15(4-5-16(13)21(26)31)27-12-14(23-24-27)11-25-8-2-1-3-19(25)29/h4-5,9,12,17H,1-3,6-8,10-11H2,(H,22,28,30). The smallest absolute Gasteiger partial charge is 0.255 e. The summed E-state index contributed by atoms with van der Waals surface area (Å²) in [7, 11) is 0. The van der Waals surface area contributed by atoms with Crippen molar-refractivity contribution in [1.29, 1.82) is 0 Å². The minimum absolute atomic E-state index is 0.144. The highest BCUT2D eigenvalue weighted by Gasteiger charge is 2.39. The van der Waals surface area contributed by atoms with Gasteiger partial charge in [-0.05, 0) is 43.0 Å². The highest BCUT2D eigenvalue weighted by molar-refractivity contribution is 6.05. The van der Waals surface area contributed by atoms with Crippen molar-refractivity contribution >= 4 is 23.6 Å². The molecule has 0 saturated carbocycles. The lowest BCUT2D eigenvalue weighted by atomic mass is 10.0. The summed E-state index contributed by atoms with van der Waals surface area (Å²) in [5.41, 5.74) is 2.81. The third-order valence-electron chi connectivity index (χ3n) is 6.09. The molecule has 1 unspecified atom stereocenters. The molecule has 2 saturated heterocycles. The molecule has 5 rings (SSSR count). The van der Waals surface area contributed by atoms with Gasteiger partial charge in [0, 0.05) is 31.5 Å². The zero-order valence-electron chi connectivity index (χ0n) is 16.9. The van der Waals surface area contributed by atoms with E-state index in [9.17, 15) is 19.2 Å². The van der Waals surface area contributed by atoms with Crippen LogP contribution in [0.1, 0.15) is 53.7 Å². The largest absolute Gasteiger partial charge is 0.337 e. The number of nitrogens with one attached hydrogen (secondary N) is 1. The van der Waals surface area contributed by atoms with Crippen molar-refractivity contribution in [2.45, 2.75) is 51.2 Å². The predicted octanol–water partition coefficient (Wildman–Crippen LogP) is 0.541. The Morgan fingerprint density at radius 2 is 1.97 bits per heavy atom. The van der Waals surface area contributed by atoms with Crippen LogP contribution in [0.25, 0.3) is 5.69 Å². The zero-order chi connectivity index (χ0) is 21.5. The minimum atomic E-state index is -0.638. The summed E-state index contributed by atoms with van der Waals surface area (Å²) in [4.78, 5) is 51.8. The third-order valence-corrected chi connectivity index (χ3v) is 6.09. The molecule has 4 heterocycles. The van der Waals surface area contributed by atoms with Crippen molar-refractivity contribution in [3.05, 3.63) is 41.2 Å². The van der Waals surface area contributed by atoms with E-state index in [-0.39, 0.29) is 24.1 Å². The molecule has 4 amide bonds. The van der Waals surface area contributed by atoms with Crippen molar-refractivity contribution < 1.29 is 19.2 Å². The van der Waals surface area contributed by atoms with E-state index in [1.54, 1.807) is 27.9 Å². The molecular formula is C21H22N6O4. The van der Waals surface area contributed by atoms with Crippen LogP contribution in [0.3, 0.4) is 0 Å². The Morgan fingerprint density at radius 1 is 1.10 bits per heavy atom. The highest BCUT2D eigenvalue weighted by Crippen LogP contribution is 2.29. The van der Waals surface area contributed by atoms with Crippen LogP contribution in [0.4, 0.5) is 0 Å². The molecule has 31 heavy (non-hydrogen) atoms. The second-order valence-corrected chi connectivity index (χ2v) is 8.17. The number of nitrogens with zero attached hydrogens (tertiary/aromatic N) is 5. The first-order valence-electron chi connectivity index (χ1n) is 10.5. The fourth-order valence-corrected chi connectivity index (χ4v) is 4.42. The lowest BCUT2D eigenvalue weighted by molar-refractivity contribution is -0.137. The van der Waals surface area contributed by atoms with Gasteiger partial charge in [-0.15, -0.1) is 5.10 Å². The van der Waals surface area contributed by atoms with E-state index in [4.69, 9.17) is 0 Å². The van der Waals surface area contributed by atoms with E-state index in [0.717, 1.165) is 30.6 Å². The van der Waals surface area contributed by atoms with Crippen LogP contribution in [0.15, 0.2) is 24.4 Å². The number of fused-ring (bicyclic) bond motifs is 1. The molecule has 0 bridgehead atoms. The first-order chi connectivity index (χ1) is 15.0. The van der Waals surface area contributed by atoms with Crippen LogP contribution in [0.5, 0.6) is 0 Å². The van der Waals surface area contributed by atoms with E-state index in [1.165, 1.54) is 4.90 Å². The van der Waals surface area contributed by atoms with Gasteiger partial charge in [0.15, 0.2) is 0 Å². The van der Waals surface area contributed by atoms with Crippen molar-refractivity contribution in [1.82, 2.24) is 30.1 Å². The van der Waals surface area contributed by atoms with Crippen LogP contribution < -0.4 is 5.32 Å². The first-order valence-corrected chi connectivity index (χ1v) is 10.5. The minimum Gasteiger partial charge on any atom is -0.337 e. The van der Waals surface area contributed by atoms with Gasteiger partial charge in [-0.1, -0.05) is 5.21 Å². The van der Waals surface area contributed by atoms with Crippen molar-refractivity contribution in [2.75, 3.05) is 6.54 Å². The summed E-state index contributed by atoms with van der Waals surface area (Å²) in [6.07, 6.45) is 4.87. The van der Waals surface area contributed by atoms with Crippen molar-refractivity contribution in [3.8, 4) is 5.69 Å². The summed E-state index contributed by atoms with van der Waals surface area (Å²) in [5, 5.41) is 10.7. The maximum absolute atomic E-state index is 12.8. The second kappa shape index (κ2) is 7.60. The van der Waals surface area contributed by atoms with E-state index in [1.807, 2.05) is 6.07 Å². The van der Waals surface area contributed by atoms with E-state index in [0.29, 0.717) is 37.2 Å². The summed E-state index contributed by atoms with van der Waals surface area (Å²) >= 11 is 0. The molecule has 10 nitrogen and oxygen atoms in total. The Hall–Kier alpha value is -3.56. The SMILES string of the molecule is O=C1CCC(N2Cc3cc(-n4cc(CN5CCCCC5=O)nn4)ccc3C2=O)C(=O)N1. The Bertz CT molecular complexity index is 1090. The lowest BCUT2D eigenvalue weighted by Crippen LogP contribution is -2.52. The molecule has 2 aromatic rings. The molecule has 1 aromatic carbocycles. The quantitative estimate of drug-likeness (QED) is 0.719. The number of aromatic nitrogens is 3. The molecule has 0 spiro atoms. The average molecular weight is 422 g/mol. The van der Waals surface area contributed by atoms with Gasteiger partial charge < -0.3 is 9.80 Å². The third kappa shape index (κ3) is 3.58. The summed E-state index contributed by atoms with van der Waals surface area (Å²) in [5.74, 6) is -0.795. The molecule has 3 aliphatic rings. The fourth-order valence-electron chi connectivity index (χ4n) is 4.42. The molecule has 1 atom stereocenters. The van der Waals surface area contributed by atoms with Crippen LogP contribution >= 0.6 is 0 Å². The number of amides is 4. The molecule has 1 aromatic heterocycles. The Labute approximate surface area is 178 Å². The molecule has 3 aliphatic heterocycles. The Morgan fingerprint density at radius 3 is 2.77 bits per heavy atom. The molecule has 2 fully saturated rings. The topological polar surface area (TPSA) is 118 Å². The molecule has 1 N–H and O–H groups in total. The van der Waals surface area contributed by atoms with Crippen molar-refractivity contribution in [2.24, 2.45) is 0 Å².